The third-order valence-electron chi connectivity index (χ3n) is 4.33. The van der Waals surface area contributed by atoms with Gasteiger partial charge in [0.1, 0.15) is 0 Å². The first-order valence-corrected chi connectivity index (χ1v) is 7.73. The van der Waals surface area contributed by atoms with E-state index in [1.165, 1.54) is 0 Å². The van der Waals surface area contributed by atoms with Crippen LogP contribution in [0.1, 0.15) is 39.5 Å². The molecule has 1 atom stereocenters. The number of urea groups is 1. The monoisotopic (exact) mass is 299 g/mol. The van der Waals surface area contributed by atoms with Crippen LogP contribution in [0.2, 0.25) is 0 Å². The van der Waals surface area contributed by atoms with E-state index in [4.69, 9.17) is 5.11 Å². The number of amides is 2. The number of aliphatic carboxylic acids is 1. The standard InChI is InChI=1S/C15H29N3O3/c1-12(4-5-13(19)20)10-16-14(21)17-11-15(2)6-8-18(3)9-7-15/h12H,4-11H2,1-3H3,(H,19,20)(H2,16,17,21). The van der Waals surface area contributed by atoms with Crippen molar-refractivity contribution >= 4 is 12.0 Å². The van der Waals surface area contributed by atoms with Crippen LogP contribution in [0.5, 0.6) is 0 Å². The first kappa shape index (κ1) is 17.8. The Labute approximate surface area is 127 Å². The van der Waals surface area contributed by atoms with Gasteiger partial charge in [-0.3, -0.25) is 4.79 Å². The van der Waals surface area contributed by atoms with E-state index in [9.17, 15) is 9.59 Å². The summed E-state index contributed by atoms with van der Waals surface area (Å²) in [6.07, 6.45) is 2.92. The van der Waals surface area contributed by atoms with Crippen LogP contribution >= 0.6 is 0 Å². The highest BCUT2D eigenvalue weighted by atomic mass is 16.4. The van der Waals surface area contributed by atoms with Crippen molar-refractivity contribution in [3.63, 3.8) is 0 Å². The predicted molar refractivity (Wildman–Crippen MR) is 82.3 cm³/mol. The maximum absolute atomic E-state index is 11.8. The Bertz CT molecular complexity index is 352. The number of carbonyl (C=O) groups is 2. The SMILES string of the molecule is CC(CCC(=O)O)CNC(=O)NCC1(C)CCN(C)CC1. The largest absolute Gasteiger partial charge is 0.481 e. The molecule has 0 saturated carbocycles. The number of likely N-dealkylation sites (tertiary alicyclic amines) is 1. The van der Waals surface area contributed by atoms with Gasteiger partial charge >= 0.3 is 12.0 Å². The highest BCUT2D eigenvalue weighted by molar-refractivity contribution is 5.73. The molecule has 0 spiro atoms. The number of carboxylic acid groups (broad SMARTS) is 1. The molecular formula is C15H29N3O3. The minimum Gasteiger partial charge on any atom is -0.481 e. The van der Waals surface area contributed by atoms with E-state index in [1.54, 1.807) is 0 Å². The van der Waals surface area contributed by atoms with E-state index >= 15 is 0 Å². The molecule has 6 heteroatoms. The Morgan fingerprint density at radius 3 is 2.48 bits per heavy atom. The average Bonchev–Trinajstić information content (AvgIpc) is 2.44. The Kier molecular flexibility index (Phi) is 6.95. The van der Waals surface area contributed by atoms with Gasteiger partial charge in [-0.1, -0.05) is 13.8 Å². The number of carbonyl (C=O) groups excluding carboxylic acids is 1. The van der Waals surface area contributed by atoms with Crippen molar-refractivity contribution in [2.75, 3.05) is 33.2 Å². The van der Waals surface area contributed by atoms with Gasteiger partial charge in [-0.15, -0.1) is 0 Å². The van der Waals surface area contributed by atoms with Crippen LogP contribution in [-0.2, 0) is 4.79 Å². The van der Waals surface area contributed by atoms with Crippen molar-refractivity contribution in [1.29, 1.82) is 0 Å². The molecule has 6 nitrogen and oxygen atoms in total. The molecule has 0 bridgehead atoms. The van der Waals surface area contributed by atoms with Crippen LogP contribution in [0.4, 0.5) is 4.79 Å². The zero-order valence-corrected chi connectivity index (χ0v) is 13.4. The highest BCUT2D eigenvalue weighted by Gasteiger charge is 2.29. The molecule has 0 aromatic heterocycles. The van der Waals surface area contributed by atoms with Gasteiger partial charge in [0.2, 0.25) is 0 Å². The first-order chi connectivity index (χ1) is 9.81. The minimum atomic E-state index is -0.790. The number of hydrogen-bond acceptors (Lipinski definition) is 3. The van der Waals surface area contributed by atoms with Crippen LogP contribution in [0.15, 0.2) is 0 Å². The molecule has 1 saturated heterocycles. The molecule has 1 heterocycles. The number of carboxylic acids is 1. The van der Waals surface area contributed by atoms with Gasteiger partial charge in [-0.05, 0) is 50.7 Å². The van der Waals surface area contributed by atoms with Gasteiger partial charge in [-0.2, -0.15) is 0 Å². The smallest absolute Gasteiger partial charge is 0.314 e. The zero-order valence-electron chi connectivity index (χ0n) is 13.4. The Balaban J connectivity index is 2.17. The molecular weight excluding hydrogens is 270 g/mol. The molecule has 0 aromatic carbocycles. The first-order valence-electron chi connectivity index (χ1n) is 7.73. The second kappa shape index (κ2) is 8.22. The van der Waals surface area contributed by atoms with E-state index in [2.05, 4.69) is 29.5 Å². The maximum Gasteiger partial charge on any atom is 0.314 e. The molecule has 1 fully saturated rings. The lowest BCUT2D eigenvalue weighted by Crippen LogP contribution is -2.46. The normalized spacial score (nSPS) is 19.8. The van der Waals surface area contributed by atoms with Crippen molar-refractivity contribution in [2.45, 2.75) is 39.5 Å². The lowest BCUT2D eigenvalue weighted by atomic mass is 9.80. The predicted octanol–water partition coefficient (Wildman–Crippen LogP) is 1.52. The number of hydrogen-bond donors (Lipinski definition) is 3. The van der Waals surface area contributed by atoms with E-state index in [0.29, 0.717) is 19.5 Å². The third kappa shape index (κ3) is 7.32. The Morgan fingerprint density at radius 1 is 1.29 bits per heavy atom. The molecule has 1 aliphatic rings. The van der Waals surface area contributed by atoms with Gasteiger partial charge in [0, 0.05) is 19.5 Å². The maximum atomic E-state index is 11.8. The van der Waals surface area contributed by atoms with Crippen molar-refractivity contribution in [1.82, 2.24) is 15.5 Å². The molecule has 1 rings (SSSR count). The van der Waals surface area contributed by atoms with Crippen molar-refractivity contribution in [2.24, 2.45) is 11.3 Å². The zero-order chi connectivity index (χ0) is 15.9. The van der Waals surface area contributed by atoms with Crippen molar-refractivity contribution in [3.05, 3.63) is 0 Å². The van der Waals surface area contributed by atoms with Gasteiger partial charge in [0.05, 0.1) is 0 Å². The molecule has 3 N–H and O–H groups in total. The summed E-state index contributed by atoms with van der Waals surface area (Å²) in [7, 11) is 2.12. The molecule has 2 amide bonds. The van der Waals surface area contributed by atoms with Gasteiger partial charge in [0.25, 0.3) is 0 Å². The third-order valence-corrected chi connectivity index (χ3v) is 4.33. The quantitative estimate of drug-likeness (QED) is 0.666. The summed E-state index contributed by atoms with van der Waals surface area (Å²) in [5.74, 6) is -0.618. The van der Waals surface area contributed by atoms with Gasteiger partial charge in [0.15, 0.2) is 0 Å². The fourth-order valence-corrected chi connectivity index (χ4v) is 2.43. The fourth-order valence-electron chi connectivity index (χ4n) is 2.43. The lowest BCUT2D eigenvalue weighted by molar-refractivity contribution is -0.137. The summed E-state index contributed by atoms with van der Waals surface area (Å²) in [6.45, 7) is 7.52. The van der Waals surface area contributed by atoms with Gasteiger partial charge in [-0.25, -0.2) is 4.79 Å². The topological polar surface area (TPSA) is 81.7 Å². The minimum absolute atomic E-state index is 0.149. The fraction of sp³-hybridized carbons (Fsp3) is 0.867. The van der Waals surface area contributed by atoms with Gasteiger partial charge < -0.3 is 20.6 Å². The highest BCUT2D eigenvalue weighted by Crippen LogP contribution is 2.29. The lowest BCUT2D eigenvalue weighted by Gasteiger charge is -2.37. The molecule has 1 aliphatic heterocycles. The summed E-state index contributed by atoms with van der Waals surface area (Å²) >= 11 is 0. The number of rotatable bonds is 7. The molecule has 0 radical (unpaired) electrons. The summed E-state index contributed by atoms with van der Waals surface area (Å²) in [5, 5.41) is 14.4. The van der Waals surface area contributed by atoms with Crippen molar-refractivity contribution in [3.8, 4) is 0 Å². The summed E-state index contributed by atoms with van der Waals surface area (Å²) in [6, 6.07) is -0.155. The summed E-state index contributed by atoms with van der Waals surface area (Å²) in [5.41, 5.74) is 0.179. The average molecular weight is 299 g/mol. The van der Waals surface area contributed by atoms with Crippen LogP contribution in [0, 0.1) is 11.3 Å². The Hall–Kier alpha value is -1.30. The molecule has 122 valence electrons. The number of piperidine rings is 1. The van der Waals surface area contributed by atoms with Crippen molar-refractivity contribution < 1.29 is 14.7 Å². The van der Waals surface area contributed by atoms with E-state index < -0.39 is 5.97 Å². The van der Waals surface area contributed by atoms with E-state index in [-0.39, 0.29) is 23.8 Å². The molecule has 21 heavy (non-hydrogen) atoms. The summed E-state index contributed by atoms with van der Waals surface area (Å²) < 4.78 is 0. The Morgan fingerprint density at radius 2 is 1.90 bits per heavy atom. The molecule has 0 aliphatic carbocycles. The second-order valence-electron chi connectivity index (χ2n) is 6.72. The van der Waals surface area contributed by atoms with Crippen LogP contribution in [0.3, 0.4) is 0 Å². The molecule has 0 aromatic rings. The van der Waals surface area contributed by atoms with Crippen LogP contribution < -0.4 is 10.6 Å². The van der Waals surface area contributed by atoms with Crippen LogP contribution in [-0.4, -0.2) is 55.2 Å². The van der Waals surface area contributed by atoms with E-state index in [1.807, 2.05) is 6.92 Å². The molecule has 1 unspecified atom stereocenters. The van der Waals surface area contributed by atoms with E-state index in [0.717, 1.165) is 25.9 Å². The number of nitrogens with one attached hydrogen (secondary N) is 2. The van der Waals surface area contributed by atoms with Crippen LogP contribution in [0.25, 0.3) is 0 Å². The number of nitrogens with zero attached hydrogens (tertiary/aromatic N) is 1. The summed E-state index contributed by atoms with van der Waals surface area (Å²) in [4.78, 5) is 24.6. The second-order valence-corrected chi connectivity index (χ2v) is 6.72.